The first kappa shape index (κ1) is 19.8. The molecule has 0 bridgehead atoms. The van der Waals surface area contributed by atoms with Crippen LogP contribution in [0, 0.1) is 5.41 Å². The Kier molecular flexibility index (Phi) is 5.86. The average molecular weight is 374 g/mol. The number of rotatable bonds is 5. The summed E-state index contributed by atoms with van der Waals surface area (Å²) in [4.78, 5) is 29.8. The number of benzene rings is 1. The van der Waals surface area contributed by atoms with Crippen LogP contribution in [0.4, 0.5) is 0 Å². The van der Waals surface area contributed by atoms with Gasteiger partial charge >= 0.3 is 0 Å². The summed E-state index contributed by atoms with van der Waals surface area (Å²) in [5, 5.41) is 0. The van der Waals surface area contributed by atoms with Crippen molar-refractivity contribution in [3.63, 3.8) is 0 Å². The summed E-state index contributed by atoms with van der Waals surface area (Å²) < 4.78 is 11.5. The molecule has 2 aliphatic rings. The minimum atomic E-state index is -1.09. The normalized spacial score (nSPS) is 19.3. The van der Waals surface area contributed by atoms with Crippen LogP contribution in [0.15, 0.2) is 30.3 Å². The number of nitrogens with zero attached hydrogens (tertiary/aromatic N) is 2. The van der Waals surface area contributed by atoms with Crippen molar-refractivity contribution in [1.82, 2.24) is 9.80 Å². The Labute approximate surface area is 161 Å². The number of hydrogen-bond donors (Lipinski definition) is 0. The second-order valence-corrected chi connectivity index (χ2v) is 7.83. The van der Waals surface area contributed by atoms with E-state index in [1.807, 2.05) is 37.3 Å². The van der Waals surface area contributed by atoms with Crippen molar-refractivity contribution >= 4 is 11.8 Å². The van der Waals surface area contributed by atoms with E-state index in [0.29, 0.717) is 52.2 Å². The van der Waals surface area contributed by atoms with Crippen molar-refractivity contribution in [2.24, 2.45) is 5.41 Å². The highest BCUT2D eigenvalue weighted by molar-refractivity contribution is 6.04. The standard InChI is InChI=1S/C21H30N2O4/c1-4-22(16-17-8-6-5-7-9-17)18(24)20(2,3)19(25)23-12-10-21(11-13-23)26-14-15-27-21/h5-9H,4,10-16H2,1-3H3. The zero-order valence-corrected chi connectivity index (χ0v) is 16.6. The van der Waals surface area contributed by atoms with E-state index < -0.39 is 11.2 Å². The molecule has 0 aromatic heterocycles. The Morgan fingerprint density at radius 2 is 1.70 bits per heavy atom. The van der Waals surface area contributed by atoms with Crippen LogP contribution in [0.3, 0.4) is 0 Å². The lowest BCUT2D eigenvalue weighted by Crippen LogP contribution is -2.54. The maximum absolute atomic E-state index is 13.2. The van der Waals surface area contributed by atoms with E-state index in [9.17, 15) is 9.59 Å². The first-order valence-corrected chi connectivity index (χ1v) is 9.78. The summed E-state index contributed by atoms with van der Waals surface area (Å²) in [6.45, 7) is 8.83. The molecule has 1 aromatic carbocycles. The lowest BCUT2D eigenvalue weighted by atomic mass is 9.88. The number of amides is 2. The van der Waals surface area contributed by atoms with E-state index >= 15 is 0 Å². The van der Waals surface area contributed by atoms with Gasteiger partial charge in [0.05, 0.1) is 13.2 Å². The molecule has 3 rings (SSSR count). The third-order valence-electron chi connectivity index (χ3n) is 5.58. The highest BCUT2D eigenvalue weighted by atomic mass is 16.7. The Bertz CT molecular complexity index is 658. The van der Waals surface area contributed by atoms with Crippen LogP contribution in [0.2, 0.25) is 0 Å². The summed E-state index contributed by atoms with van der Waals surface area (Å²) in [5.74, 6) is -0.771. The molecule has 2 fully saturated rings. The van der Waals surface area contributed by atoms with Gasteiger partial charge in [-0.2, -0.15) is 0 Å². The van der Waals surface area contributed by atoms with Gasteiger partial charge in [-0.1, -0.05) is 30.3 Å². The number of hydrogen-bond acceptors (Lipinski definition) is 4. The summed E-state index contributed by atoms with van der Waals surface area (Å²) >= 11 is 0. The fourth-order valence-corrected chi connectivity index (χ4v) is 3.85. The molecular weight excluding hydrogens is 344 g/mol. The van der Waals surface area contributed by atoms with Gasteiger partial charge in [-0.3, -0.25) is 9.59 Å². The summed E-state index contributed by atoms with van der Waals surface area (Å²) in [5.41, 5.74) is -0.0291. The molecule has 148 valence electrons. The van der Waals surface area contributed by atoms with Gasteiger partial charge in [0, 0.05) is 39.0 Å². The Balaban J connectivity index is 1.64. The van der Waals surface area contributed by atoms with Crippen LogP contribution in [-0.2, 0) is 25.6 Å². The highest BCUT2D eigenvalue weighted by Crippen LogP contribution is 2.33. The van der Waals surface area contributed by atoms with E-state index in [1.54, 1.807) is 23.6 Å². The molecule has 6 heteroatoms. The monoisotopic (exact) mass is 374 g/mol. The SMILES string of the molecule is CCN(Cc1ccccc1)C(=O)C(C)(C)C(=O)N1CCC2(CC1)OCCO2. The second-order valence-electron chi connectivity index (χ2n) is 7.83. The van der Waals surface area contributed by atoms with Gasteiger partial charge in [-0.05, 0) is 26.3 Å². The van der Waals surface area contributed by atoms with E-state index in [2.05, 4.69) is 0 Å². The molecule has 1 spiro atoms. The number of piperidine rings is 1. The molecule has 2 saturated heterocycles. The van der Waals surface area contributed by atoms with Crippen molar-refractivity contribution in [2.45, 2.75) is 45.9 Å². The third kappa shape index (κ3) is 4.17. The first-order valence-electron chi connectivity index (χ1n) is 9.78. The lowest BCUT2D eigenvalue weighted by molar-refractivity contribution is -0.190. The molecule has 6 nitrogen and oxygen atoms in total. The van der Waals surface area contributed by atoms with Gasteiger partial charge in [0.1, 0.15) is 5.41 Å². The van der Waals surface area contributed by atoms with Gasteiger partial charge in [0.15, 0.2) is 5.79 Å². The van der Waals surface area contributed by atoms with Crippen LogP contribution >= 0.6 is 0 Å². The van der Waals surface area contributed by atoms with Crippen LogP contribution in [0.1, 0.15) is 39.2 Å². The molecule has 0 unspecified atom stereocenters. The molecule has 2 heterocycles. The summed E-state index contributed by atoms with van der Waals surface area (Å²) in [6, 6.07) is 9.87. The maximum Gasteiger partial charge on any atom is 0.237 e. The molecule has 0 saturated carbocycles. The zero-order chi connectivity index (χ0) is 19.5. The summed E-state index contributed by atoms with van der Waals surface area (Å²) in [7, 11) is 0. The van der Waals surface area contributed by atoms with Gasteiger partial charge in [0.25, 0.3) is 0 Å². The topological polar surface area (TPSA) is 59.1 Å². The predicted molar refractivity (Wildman–Crippen MR) is 102 cm³/mol. The number of likely N-dealkylation sites (tertiary alicyclic amines) is 1. The number of ether oxygens (including phenoxy) is 2. The van der Waals surface area contributed by atoms with E-state index in [-0.39, 0.29) is 11.8 Å². The molecule has 2 aliphatic heterocycles. The van der Waals surface area contributed by atoms with Crippen LogP contribution in [0.25, 0.3) is 0 Å². The van der Waals surface area contributed by atoms with E-state index in [4.69, 9.17) is 9.47 Å². The zero-order valence-electron chi connectivity index (χ0n) is 16.6. The van der Waals surface area contributed by atoms with Crippen LogP contribution in [-0.4, -0.2) is 60.2 Å². The minimum Gasteiger partial charge on any atom is -0.347 e. The highest BCUT2D eigenvalue weighted by Gasteiger charge is 2.46. The van der Waals surface area contributed by atoms with Crippen molar-refractivity contribution in [2.75, 3.05) is 32.8 Å². The molecule has 0 N–H and O–H groups in total. The van der Waals surface area contributed by atoms with Crippen LogP contribution in [0.5, 0.6) is 0 Å². The molecule has 2 amide bonds. The molecule has 0 aliphatic carbocycles. The van der Waals surface area contributed by atoms with Gasteiger partial charge in [-0.15, -0.1) is 0 Å². The van der Waals surface area contributed by atoms with Crippen molar-refractivity contribution in [3.05, 3.63) is 35.9 Å². The predicted octanol–water partition coefficient (Wildman–Crippen LogP) is 2.43. The fourth-order valence-electron chi connectivity index (χ4n) is 3.85. The van der Waals surface area contributed by atoms with Crippen molar-refractivity contribution in [3.8, 4) is 0 Å². The first-order chi connectivity index (χ1) is 12.9. The Hall–Kier alpha value is -1.92. The van der Waals surface area contributed by atoms with E-state index in [1.165, 1.54) is 0 Å². The van der Waals surface area contributed by atoms with Gasteiger partial charge < -0.3 is 19.3 Å². The smallest absolute Gasteiger partial charge is 0.237 e. The number of carbonyl (C=O) groups is 2. The molecule has 1 aromatic rings. The molecular formula is C21H30N2O4. The van der Waals surface area contributed by atoms with Gasteiger partial charge in [0.2, 0.25) is 11.8 Å². The molecule has 27 heavy (non-hydrogen) atoms. The molecule has 0 atom stereocenters. The Morgan fingerprint density at radius 3 is 2.26 bits per heavy atom. The molecule has 0 radical (unpaired) electrons. The number of carbonyl (C=O) groups excluding carboxylic acids is 2. The van der Waals surface area contributed by atoms with Crippen molar-refractivity contribution in [1.29, 1.82) is 0 Å². The van der Waals surface area contributed by atoms with Crippen LogP contribution < -0.4 is 0 Å². The van der Waals surface area contributed by atoms with E-state index in [0.717, 1.165) is 5.56 Å². The average Bonchev–Trinajstić information content (AvgIpc) is 3.14. The summed E-state index contributed by atoms with van der Waals surface area (Å²) in [6.07, 6.45) is 1.31. The Morgan fingerprint density at radius 1 is 1.11 bits per heavy atom. The van der Waals surface area contributed by atoms with Crippen molar-refractivity contribution < 1.29 is 19.1 Å². The minimum absolute atomic E-state index is 0.119. The quantitative estimate of drug-likeness (QED) is 0.743. The maximum atomic E-state index is 13.2. The lowest BCUT2D eigenvalue weighted by Gasteiger charge is -2.41. The second kappa shape index (κ2) is 7.98. The van der Waals surface area contributed by atoms with Gasteiger partial charge in [-0.25, -0.2) is 0 Å². The third-order valence-corrected chi connectivity index (χ3v) is 5.58. The largest absolute Gasteiger partial charge is 0.347 e. The fraction of sp³-hybridized carbons (Fsp3) is 0.619.